The van der Waals surface area contributed by atoms with Crippen molar-refractivity contribution in [3.05, 3.63) is 39.4 Å². The second-order valence-corrected chi connectivity index (χ2v) is 4.84. The van der Waals surface area contributed by atoms with Gasteiger partial charge in [0, 0.05) is 18.2 Å². The first-order valence-electron chi connectivity index (χ1n) is 5.65. The fraction of sp³-hybridized carbons (Fsp3) is 0.231. The summed E-state index contributed by atoms with van der Waals surface area (Å²) >= 11 is 17.4. The molecule has 4 nitrogen and oxygen atoms in total. The maximum absolute atomic E-state index is 11.5. The molecule has 0 aliphatic heterocycles. The number of hydrogen-bond donors (Lipinski definition) is 0. The molecule has 0 saturated heterocycles. The molecule has 0 unspecified atom stereocenters. The maximum Gasteiger partial charge on any atom is 0.336 e. The number of halogens is 3. The quantitative estimate of drug-likeness (QED) is 0.352. The van der Waals surface area contributed by atoms with Gasteiger partial charge in [0.05, 0.1) is 21.7 Å². The van der Waals surface area contributed by atoms with Gasteiger partial charge in [0.1, 0.15) is 0 Å². The minimum atomic E-state index is -0.779. The lowest BCUT2D eigenvalue weighted by molar-refractivity contribution is -0.138. The molecule has 0 aliphatic rings. The van der Waals surface area contributed by atoms with Gasteiger partial charge in [-0.1, -0.05) is 41.7 Å². The molecule has 0 heterocycles. The van der Waals surface area contributed by atoms with Crippen molar-refractivity contribution in [3.8, 4) is 5.75 Å². The third kappa shape index (κ3) is 5.41. The van der Waals surface area contributed by atoms with Crippen LogP contribution in [-0.4, -0.2) is 18.5 Å². The number of benzene rings is 1. The van der Waals surface area contributed by atoms with Gasteiger partial charge in [-0.15, -0.1) is 0 Å². The third-order valence-electron chi connectivity index (χ3n) is 1.99. The number of hydrogen-bond acceptors (Lipinski definition) is 4. The molecule has 0 radical (unpaired) electrons. The zero-order valence-electron chi connectivity index (χ0n) is 10.5. The van der Waals surface area contributed by atoms with E-state index in [2.05, 4.69) is 0 Å². The highest BCUT2D eigenvalue weighted by Crippen LogP contribution is 2.33. The summed E-state index contributed by atoms with van der Waals surface area (Å²) in [5, 5.41) is 0.579. The van der Waals surface area contributed by atoms with Crippen LogP contribution in [0, 0.1) is 0 Å². The largest absolute Gasteiger partial charge is 0.463 e. The molecule has 108 valence electrons. The summed E-state index contributed by atoms with van der Waals surface area (Å²) in [7, 11) is 0. The maximum atomic E-state index is 11.5. The third-order valence-corrected chi connectivity index (χ3v) is 3.01. The molecule has 0 N–H and O–H groups in total. The molecular weight excluding hydrogens is 326 g/mol. The molecule has 0 amide bonds. The molecule has 7 heteroatoms. The Bertz CT molecular complexity index is 541. The molecule has 0 atom stereocenters. The Morgan fingerprint density at radius 3 is 2.30 bits per heavy atom. The first-order valence-corrected chi connectivity index (χ1v) is 6.78. The minimum Gasteiger partial charge on any atom is -0.463 e. The summed E-state index contributed by atoms with van der Waals surface area (Å²) in [6.45, 7) is 2.15. The lowest BCUT2D eigenvalue weighted by atomic mass is 10.3. The number of ether oxygens (including phenoxy) is 2. The predicted molar refractivity (Wildman–Crippen MR) is 77.5 cm³/mol. The average molecular weight is 338 g/mol. The Kier molecular flexibility index (Phi) is 6.85. The first-order chi connectivity index (χ1) is 9.43. The molecule has 1 aromatic carbocycles. The SMILES string of the molecule is CCCOC(=O)/C=C/C(=O)Oc1cc(Cl)c(Cl)cc1Cl. The Balaban J connectivity index is 2.65. The van der Waals surface area contributed by atoms with E-state index in [1.54, 1.807) is 0 Å². The van der Waals surface area contributed by atoms with Crippen LogP contribution < -0.4 is 4.74 Å². The van der Waals surface area contributed by atoms with Crippen LogP contribution in [0.5, 0.6) is 5.75 Å². The van der Waals surface area contributed by atoms with E-state index >= 15 is 0 Å². The summed E-state index contributed by atoms with van der Waals surface area (Å²) in [5.41, 5.74) is 0. The Morgan fingerprint density at radius 1 is 1.05 bits per heavy atom. The van der Waals surface area contributed by atoms with Gasteiger partial charge < -0.3 is 9.47 Å². The van der Waals surface area contributed by atoms with E-state index in [0.717, 1.165) is 12.2 Å². The van der Waals surface area contributed by atoms with Gasteiger partial charge in [-0.3, -0.25) is 0 Å². The molecule has 1 aromatic rings. The summed E-state index contributed by atoms with van der Waals surface area (Å²) in [4.78, 5) is 22.6. The Morgan fingerprint density at radius 2 is 1.65 bits per heavy atom. The van der Waals surface area contributed by atoms with Gasteiger partial charge in [-0.05, 0) is 12.5 Å². The van der Waals surface area contributed by atoms with Crippen molar-refractivity contribution >= 4 is 46.7 Å². The van der Waals surface area contributed by atoms with E-state index < -0.39 is 11.9 Å². The highest BCUT2D eigenvalue weighted by Gasteiger charge is 2.10. The molecule has 0 saturated carbocycles. The van der Waals surface area contributed by atoms with Crippen LogP contribution in [0.1, 0.15) is 13.3 Å². The van der Waals surface area contributed by atoms with Gasteiger partial charge in [0.15, 0.2) is 5.75 Å². The smallest absolute Gasteiger partial charge is 0.336 e. The van der Waals surface area contributed by atoms with E-state index in [0.29, 0.717) is 6.42 Å². The van der Waals surface area contributed by atoms with Crippen LogP contribution in [-0.2, 0) is 14.3 Å². The molecule has 1 rings (SSSR count). The van der Waals surface area contributed by atoms with Crippen molar-refractivity contribution < 1.29 is 19.1 Å². The predicted octanol–water partition coefficient (Wildman–Crippen LogP) is 4.06. The zero-order valence-corrected chi connectivity index (χ0v) is 12.8. The molecule has 20 heavy (non-hydrogen) atoms. The van der Waals surface area contributed by atoms with Gasteiger partial charge in [0.2, 0.25) is 0 Å². The average Bonchev–Trinajstić information content (AvgIpc) is 2.40. The number of esters is 2. The number of carbonyl (C=O) groups is 2. The standard InChI is InChI=1S/C13H11Cl3O4/c1-2-5-19-12(17)3-4-13(18)20-11-7-9(15)8(14)6-10(11)16/h3-4,6-7H,2,5H2,1H3/b4-3+. The van der Waals surface area contributed by atoms with E-state index in [4.69, 9.17) is 44.3 Å². The van der Waals surface area contributed by atoms with E-state index in [-0.39, 0.29) is 27.4 Å². The van der Waals surface area contributed by atoms with Crippen LogP contribution in [0.15, 0.2) is 24.3 Å². The minimum absolute atomic E-state index is 0.0534. The summed E-state index contributed by atoms with van der Waals surface area (Å²) in [6.07, 6.45) is 2.61. The number of carbonyl (C=O) groups excluding carboxylic acids is 2. The van der Waals surface area contributed by atoms with Crippen molar-refractivity contribution in [2.75, 3.05) is 6.61 Å². The highest BCUT2D eigenvalue weighted by molar-refractivity contribution is 6.43. The monoisotopic (exact) mass is 336 g/mol. The van der Waals surface area contributed by atoms with Crippen molar-refractivity contribution in [2.24, 2.45) is 0 Å². The lowest BCUT2D eigenvalue weighted by Gasteiger charge is -2.05. The lowest BCUT2D eigenvalue weighted by Crippen LogP contribution is -2.07. The normalized spacial score (nSPS) is 10.6. The molecule has 0 aliphatic carbocycles. The molecule has 0 bridgehead atoms. The van der Waals surface area contributed by atoms with E-state index in [9.17, 15) is 9.59 Å². The first kappa shape index (κ1) is 16.8. The van der Waals surface area contributed by atoms with Gasteiger partial charge in [-0.2, -0.15) is 0 Å². The molecular formula is C13H11Cl3O4. The Hall–Kier alpha value is -1.23. The van der Waals surface area contributed by atoms with E-state index in [1.165, 1.54) is 12.1 Å². The van der Waals surface area contributed by atoms with Crippen molar-refractivity contribution in [1.82, 2.24) is 0 Å². The van der Waals surface area contributed by atoms with Crippen LogP contribution in [0.4, 0.5) is 0 Å². The topological polar surface area (TPSA) is 52.6 Å². The Labute approximate surface area is 131 Å². The van der Waals surface area contributed by atoms with Crippen LogP contribution in [0.2, 0.25) is 15.1 Å². The van der Waals surface area contributed by atoms with Crippen LogP contribution in [0.3, 0.4) is 0 Å². The fourth-order valence-corrected chi connectivity index (χ4v) is 1.69. The highest BCUT2D eigenvalue weighted by atomic mass is 35.5. The zero-order chi connectivity index (χ0) is 15.1. The second-order valence-electron chi connectivity index (χ2n) is 3.62. The van der Waals surface area contributed by atoms with Crippen LogP contribution >= 0.6 is 34.8 Å². The summed E-state index contributed by atoms with van der Waals surface area (Å²) < 4.78 is 9.68. The van der Waals surface area contributed by atoms with E-state index in [1.807, 2.05) is 6.92 Å². The van der Waals surface area contributed by atoms with Crippen molar-refractivity contribution in [1.29, 1.82) is 0 Å². The van der Waals surface area contributed by atoms with Crippen molar-refractivity contribution in [3.63, 3.8) is 0 Å². The summed E-state index contributed by atoms with van der Waals surface area (Å²) in [5.74, 6) is -1.35. The van der Waals surface area contributed by atoms with Gasteiger partial charge >= 0.3 is 11.9 Å². The number of rotatable bonds is 5. The second kappa shape index (κ2) is 8.15. The van der Waals surface area contributed by atoms with Crippen molar-refractivity contribution in [2.45, 2.75) is 13.3 Å². The molecule has 0 fully saturated rings. The van der Waals surface area contributed by atoms with Gasteiger partial charge in [-0.25, -0.2) is 9.59 Å². The summed E-state index contributed by atoms with van der Waals surface area (Å²) in [6, 6.07) is 2.67. The molecule has 0 aromatic heterocycles. The van der Waals surface area contributed by atoms with Gasteiger partial charge in [0.25, 0.3) is 0 Å². The fourth-order valence-electron chi connectivity index (χ4n) is 1.11. The molecule has 0 spiro atoms. The van der Waals surface area contributed by atoms with Crippen LogP contribution in [0.25, 0.3) is 0 Å².